The van der Waals surface area contributed by atoms with Crippen LogP contribution in [0, 0.1) is 0 Å². The van der Waals surface area contributed by atoms with E-state index in [0.29, 0.717) is 5.69 Å². The highest BCUT2D eigenvalue weighted by Gasteiger charge is 2.23. The van der Waals surface area contributed by atoms with Crippen LogP contribution in [-0.2, 0) is 0 Å². The molecular formula is C12H12ClN3O2. The quantitative estimate of drug-likeness (QED) is 0.926. The maximum absolute atomic E-state index is 11.1. The van der Waals surface area contributed by atoms with E-state index in [1.54, 1.807) is 29.2 Å². The maximum atomic E-state index is 11.1. The molecule has 0 aromatic carbocycles. The van der Waals surface area contributed by atoms with E-state index in [2.05, 4.69) is 10.1 Å². The van der Waals surface area contributed by atoms with Gasteiger partial charge in [-0.15, -0.1) is 0 Å². The number of aromatic nitrogens is 3. The Bertz CT molecular complexity index is 579. The van der Waals surface area contributed by atoms with Crippen LogP contribution in [0.4, 0.5) is 0 Å². The number of halogens is 1. The van der Waals surface area contributed by atoms with Crippen LogP contribution in [0.1, 0.15) is 35.9 Å². The zero-order valence-corrected chi connectivity index (χ0v) is 10.7. The van der Waals surface area contributed by atoms with E-state index in [1.165, 1.54) is 0 Å². The lowest BCUT2D eigenvalue weighted by Gasteiger charge is -2.09. The molecule has 6 heteroatoms. The average Bonchev–Trinajstić information content (AvgIpc) is 2.68. The highest BCUT2D eigenvalue weighted by atomic mass is 35.5. The molecule has 2 aromatic rings. The van der Waals surface area contributed by atoms with Crippen molar-refractivity contribution in [1.29, 1.82) is 0 Å². The Morgan fingerprint density at radius 1 is 1.39 bits per heavy atom. The van der Waals surface area contributed by atoms with Gasteiger partial charge < -0.3 is 5.11 Å². The van der Waals surface area contributed by atoms with Crippen LogP contribution in [0.5, 0.6) is 0 Å². The molecule has 0 spiro atoms. The lowest BCUT2D eigenvalue weighted by Crippen LogP contribution is -2.04. The van der Waals surface area contributed by atoms with Gasteiger partial charge in [-0.1, -0.05) is 25.4 Å². The summed E-state index contributed by atoms with van der Waals surface area (Å²) >= 11 is 6.09. The number of hydrogen-bond donors (Lipinski definition) is 1. The summed E-state index contributed by atoms with van der Waals surface area (Å²) in [6.45, 7) is 3.87. The van der Waals surface area contributed by atoms with Crippen molar-refractivity contribution >= 4 is 17.6 Å². The molecule has 0 aliphatic carbocycles. The van der Waals surface area contributed by atoms with Gasteiger partial charge >= 0.3 is 5.97 Å². The summed E-state index contributed by atoms with van der Waals surface area (Å²) in [5, 5.41) is 13.3. The van der Waals surface area contributed by atoms with Gasteiger partial charge in [-0.25, -0.2) is 9.48 Å². The molecule has 2 aromatic heterocycles. The Kier molecular flexibility index (Phi) is 3.34. The molecule has 94 valence electrons. The Hall–Kier alpha value is -1.88. The third kappa shape index (κ3) is 2.09. The van der Waals surface area contributed by atoms with E-state index in [9.17, 15) is 4.79 Å². The average molecular weight is 266 g/mol. The number of nitrogens with zero attached hydrogens (tertiary/aromatic N) is 3. The Labute approximate surface area is 109 Å². The Morgan fingerprint density at radius 3 is 2.50 bits per heavy atom. The molecule has 2 heterocycles. The summed E-state index contributed by atoms with van der Waals surface area (Å²) in [7, 11) is 0. The van der Waals surface area contributed by atoms with Crippen molar-refractivity contribution in [3.8, 4) is 5.69 Å². The molecule has 0 radical (unpaired) electrons. The van der Waals surface area contributed by atoms with Gasteiger partial charge in [0.05, 0.1) is 16.4 Å². The first-order chi connectivity index (χ1) is 8.52. The minimum absolute atomic E-state index is 0.0614. The van der Waals surface area contributed by atoms with Crippen LogP contribution in [0.15, 0.2) is 24.5 Å². The molecular weight excluding hydrogens is 254 g/mol. The third-order valence-electron chi connectivity index (χ3n) is 2.52. The molecule has 18 heavy (non-hydrogen) atoms. The molecule has 0 atom stereocenters. The highest BCUT2D eigenvalue weighted by Crippen LogP contribution is 2.29. The lowest BCUT2D eigenvalue weighted by molar-refractivity contribution is 0.0690. The summed E-state index contributed by atoms with van der Waals surface area (Å²) in [5.74, 6) is -1.07. The van der Waals surface area contributed by atoms with Crippen LogP contribution in [0.25, 0.3) is 5.69 Å². The fraction of sp³-hybridized carbons (Fsp3) is 0.250. The smallest absolute Gasteiger partial charge is 0.358 e. The molecule has 0 unspecified atom stereocenters. The SMILES string of the molecule is CC(C)c1c(Cl)c(C(=O)O)nn1-c1ccncc1. The monoisotopic (exact) mass is 265 g/mol. The zero-order chi connectivity index (χ0) is 13.3. The van der Waals surface area contributed by atoms with E-state index in [1.807, 2.05) is 13.8 Å². The maximum Gasteiger partial charge on any atom is 0.358 e. The molecule has 0 saturated heterocycles. The summed E-state index contributed by atoms with van der Waals surface area (Å²) in [4.78, 5) is 15.0. The summed E-state index contributed by atoms with van der Waals surface area (Å²) in [5.41, 5.74) is 1.29. The number of aromatic carboxylic acids is 1. The third-order valence-corrected chi connectivity index (χ3v) is 2.89. The van der Waals surface area contributed by atoms with Crippen molar-refractivity contribution < 1.29 is 9.90 Å². The van der Waals surface area contributed by atoms with Crippen molar-refractivity contribution in [3.63, 3.8) is 0 Å². The van der Waals surface area contributed by atoms with Gasteiger partial charge in [-0.3, -0.25) is 4.98 Å². The lowest BCUT2D eigenvalue weighted by atomic mass is 10.1. The summed E-state index contributed by atoms with van der Waals surface area (Å²) in [6.07, 6.45) is 3.24. The number of pyridine rings is 1. The van der Waals surface area contributed by atoms with Gasteiger partial charge in [-0.2, -0.15) is 5.10 Å². The largest absolute Gasteiger partial charge is 0.476 e. The van der Waals surface area contributed by atoms with Crippen LogP contribution < -0.4 is 0 Å². The van der Waals surface area contributed by atoms with Crippen molar-refractivity contribution in [2.24, 2.45) is 0 Å². The minimum atomic E-state index is -1.13. The second kappa shape index (κ2) is 4.78. The van der Waals surface area contributed by atoms with E-state index < -0.39 is 5.97 Å². The van der Waals surface area contributed by atoms with Gasteiger partial charge in [0.25, 0.3) is 0 Å². The molecule has 0 saturated carbocycles. The van der Waals surface area contributed by atoms with Gasteiger partial charge in [0.2, 0.25) is 0 Å². The van der Waals surface area contributed by atoms with Crippen LogP contribution >= 0.6 is 11.6 Å². The van der Waals surface area contributed by atoms with Crippen molar-refractivity contribution in [3.05, 3.63) is 40.9 Å². The fourth-order valence-corrected chi connectivity index (χ4v) is 2.15. The van der Waals surface area contributed by atoms with Gasteiger partial charge in [0.15, 0.2) is 5.69 Å². The molecule has 0 aliphatic rings. The molecule has 0 amide bonds. The number of rotatable bonds is 3. The second-order valence-electron chi connectivity index (χ2n) is 4.12. The molecule has 0 fully saturated rings. The van der Waals surface area contributed by atoms with Crippen molar-refractivity contribution in [2.45, 2.75) is 19.8 Å². The first-order valence-electron chi connectivity index (χ1n) is 5.44. The predicted molar refractivity (Wildman–Crippen MR) is 67.4 cm³/mol. The summed E-state index contributed by atoms with van der Waals surface area (Å²) < 4.78 is 1.55. The van der Waals surface area contributed by atoms with Gasteiger partial charge in [0.1, 0.15) is 0 Å². The van der Waals surface area contributed by atoms with Crippen LogP contribution in [-0.4, -0.2) is 25.8 Å². The summed E-state index contributed by atoms with van der Waals surface area (Å²) in [6, 6.07) is 3.50. The van der Waals surface area contributed by atoms with Crippen LogP contribution in [0.2, 0.25) is 5.02 Å². The molecule has 1 N–H and O–H groups in total. The molecule has 5 nitrogen and oxygen atoms in total. The zero-order valence-electron chi connectivity index (χ0n) is 9.96. The van der Waals surface area contributed by atoms with Crippen LogP contribution in [0.3, 0.4) is 0 Å². The second-order valence-corrected chi connectivity index (χ2v) is 4.50. The van der Waals surface area contributed by atoms with Crippen molar-refractivity contribution in [2.75, 3.05) is 0 Å². The van der Waals surface area contributed by atoms with E-state index in [4.69, 9.17) is 16.7 Å². The molecule has 2 rings (SSSR count). The number of carboxylic acid groups (broad SMARTS) is 1. The van der Waals surface area contributed by atoms with Gasteiger partial charge in [-0.05, 0) is 18.1 Å². The Balaban J connectivity index is 2.67. The number of carboxylic acids is 1. The van der Waals surface area contributed by atoms with E-state index in [0.717, 1.165) is 5.69 Å². The van der Waals surface area contributed by atoms with Gasteiger partial charge in [0, 0.05) is 12.4 Å². The normalized spacial score (nSPS) is 10.9. The van der Waals surface area contributed by atoms with Crippen molar-refractivity contribution in [1.82, 2.24) is 14.8 Å². The number of carbonyl (C=O) groups is 1. The Morgan fingerprint density at radius 2 is 2.00 bits per heavy atom. The highest BCUT2D eigenvalue weighted by molar-refractivity contribution is 6.34. The van der Waals surface area contributed by atoms with E-state index in [-0.39, 0.29) is 16.6 Å². The first-order valence-corrected chi connectivity index (χ1v) is 5.82. The molecule has 0 bridgehead atoms. The first kappa shape index (κ1) is 12.6. The van der Waals surface area contributed by atoms with E-state index >= 15 is 0 Å². The fourth-order valence-electron chi connectivity index (χ4n) is 1.73. The predicted octanol–water partition coefficient (Wildman–Crippen LogP) is 2.74. The topological polar surface area (TPSA) is 68.0 Å². The number of hydrogen-bond acceptors (Lipinski definition) is 3. The molecule has 0 aliphatic heterocycles. The minimum Gasteiger partial charge on any atom is -0.476 e. The standard InChI is InChI=1S/C12H12ClN3O2/c1-7(2)11-9(13)10(12(17)18)15-16(11)8-3-5-14-6-4-8/h3-7H,1-2H3,(H,17,18).